The molecule has 6 nitrogen and oxygen atoms in total. The summed E-state index contributed by atoms with van der Waals surface area (Å²) in [5.74, 6) is 0.746. The van der Waals surface area contributed by atoms with E-state index in [0.717, 1.165) is 31.4 Å². The van der Waals surface area contributed by atoms with E-state index >= 15 is 0 Å². The summed E-state index contributed by atoms with van der Waals surface area (Å²) in [6.45, 7) is 3.69. The maximum atomic E-state index is 11.8. The van der Waals surface area contributed by atoms with Crippen LogP contribution in [0.2, 0.25) is 0 Å². The molecule has 1 aliphatic rings. The predicted molar refractivity (Wildman–Crippen MR) is 81.0 cm³/mol. The van der Waals surface area contributed by atoms with Crippen LogP contribution in [0.1, 0.15) is 31.2 Å². The van der Waals surface area contributed by atoms with Gasteiger partial charge in [-0.15, -0.1) is 0 Å². The summed E-state index contributed by atoms with van der Waals surface area (Å²) in [5, 5.41) is 5.47. The van der Waals surface area contributed by atoms with E-state index in [9.17, 15) is 9.59 Å². The molecule has 0 saturated carbocycles. The second-order valence-electron chi connectivity index (χ2n) is 5.24. The standard InChI is InChI=1S/C15H22N4O2/c1-12-6-5-8-16-14(12)18-15(21)17-9-11-19-10-4-2-3-7-13(19)20/h5-6,8H,2-4,7,9-11H2,1H3,(H2,16,17,18,21). The molecule has 1 aliphatic heterocycles. The molecule has 2 heterocycles. The van der Waals surface area contributed by atoms with Gasteiger partial charge in [0.2, 0.25) is 5.91 Å². The van der Waals surface area contributed by atoms with Crippen LogP contribution in [0.4, 0.5) is 10.6 Å². The highest BCUT2D eigenvalue weighted by Crippen LogP contribution is 2.10. The van der Waals surface area contributed by atoms with Gasteiger partial charge in [-0.3, -0.25) is 10.1 Å². The Balaban J connectivity index is 1.74. The molecule has 1 aromatic rings. The van der Waals surface area contributed by atoms with Gasteiger partial charge in [0.1, 0.15) is 5.82 Å². The van der Waals surface area contributed by atoms with Crippen molar-refractivity contribution in [3.05, 3.63) is 23.9 Å². The molecule has 0 bridgehead atoms. The zero-order valence-corrected chi connectivity index (χ0v) is 12.4. The van der Waals surface area contributed by atoms with Crippen LogP contribution in [0.5, 0.6) is 0 Å². The number of hydrogen-bond acceptors (Lipinski definition) is 3. The van der Waals surface area contributed by atoms with E-state index in [1.54, 1.807) is 6.20 Å². The fourth-order valence-electron chi connectivity index (χ4n) is 2.35. The first-order valence-electron chi connectivity index (χ1n) is 7.41. The summed E-state index contributed by atoms with van der Waals surface area (Å²) in [6.07, 6.45) is 5.39. The number of hydrogen-bond donors (Lipinski definition) is 2. The first-order chi connectivity index (χ1) is 10.2. The molecule has 0 atom stereocenters. The molecule has 1 fully saturated rings. The molecule has 0 spiro atoms. The van der Waals surface area contributed by atoms with E-state index in [0.29, 0.717) is 25.3 Å². The fourth-order valence-corrected chi connectivity index (χ4v) is 2.35. The SMILES string of the molecule is Cc1cccnc1NC(=O)NCCN1CCCCCC1=O. The highest BCUT2D eigenvalue weighted by Gasteiger charge is 2.16. The summed E-state index contributed by atoms with van der Waals surface area (Å²) < 4.78 is 0. The molecule has 21 heavy (non-hydrogen) atoms. The van der Waals surface area contributed by atoms with E-state index in [4.69, 9.17) is 0 Å². The molecule has 0 unspecified atom stereocenters. The molecule has 0 aliphatic carbocycles. The number of anilines is 1. The smallest absolute Gasteiger partial charge is 0.320 e. The lowest BCUT2D eigenvalue weighted by atomic mass is 10.2. The monoisotopic (exact) mass is 290 g/mol. The molecule has 1 saturated heterocycles. The highest BCUT2D eigenvalue weighted by atomic mass is 16.2. The first-order valence-corrected chi connectivity index (χ1v) is 7.41. The third kappa shape index (κ3) is 4.73. The van der Waals surface area contributed by atoms with Crippen molar-refractivity contribution in [1.29, 1.82) is 0 Å². The Labute approximate surface area is 124 Å². The topological polar surface area (TPSA) is 74.3 Å². The molecule has 0 aromatic carbocycles. The molecular weight excluding hydrogens is 268 g/mol. The lowest BCUT2D eigenvalue weighted by Crippen LogP contribution is -2.39. The second kappa shape index (κ2) is 7.61. The van der Waals surface area contributed by atoms with Crippen LogP contribution in [0.25, 0.3) is 0 Å². The van der Waals surface area contributed by atoms with Gasteiger partial charge < -0.3 is 10.2 Å². The number of urea groups is 1. The number of likely N-dealkylation sites (tertiary alicyclic amines) is 1. The molecule has 0 radical (unpaired) electrons. The summed E-state index contributed by atoms with van der Waals surface area (Å²) in [7, 11) is 0. The Morgan fingerprint density at radius 3 is 3.05 bits per heavy atom. The van der Waals surface area contributed by atoms with Crippen molar-refractivity contribution in [3.8, 4) is 0 Å². The Bertz CT molecular complexity index is 504. The normalized spacial score (nSPS) is 15.5. The van der Waals surface area contributed by atoms with Crippen molar-refractivity contribution in [2.75, 3.05) is 25.0 Å². The van der Waals surface area contributed by atoms with Gasteiger partial charge in [0.15, 0.2) is 0 Å². The average molecular weight is 290 g/mol. The third-order valence-electron chi connectivity index (χ3n) is 3.58. The van der Waals surface area contributed by atoms with Crippen LogP contribution >= 0.6 is 0 Å². The van der Waals surface area contributed by atoms with Crippen LogP contribution in [-0.2, 0) is 4.79 Å². The Hall–Kier alpha value is -2.11. The van der Waals surface area contributed by atoms with Crippen LogP contribution in [0, 0.1) is 6.92 Å². The van der Waals surface area contributed by atoms with E-state index in [-0.39, 0.29) is 11.9 Å². The van der Waals surface area contributed by atoms with Crippen molar-refractivity contribution in [2.45, 2.75) is 32.6 Å². The summed E-state index contributed by atoms with van der Waals surface area (Å²) >= 11 is 0. The summed E-state index contributed by atoms with van der Waals surface area (Å²) in [6, 6.07) is 3.42. The number of amides is 3. The Morgan fingerprint density at radius 2 is 2.24 bits per heavy atom. The van der Waals surface area contributed by atoms with Crippen LogP contribution in [-0.4, -0.2) is 41.5 Å². The van der Waals surface area contributed by atoms with Crippen molar-refractivity contribution >= 4 is 17.8 Å². The van der Waals surface area contributed by atoms with Gasteiger partial charge in [0.05, 0.1) is 0 Å². The average Bonchev–Trinajstić information content (AvgIpc) is 2.67. The zero-order chi connectivity index (χ0) is 15.1. The van der Waals surface area contributed by atoms with Crippen molar-refractivity contribution in [3.63, 3.8) is 0 Å². The molecule has 2 rings (SSSR count). The lowest BCUT2D eigenvalue weighted by molar-refractivity contribution is -0.130. The van der Waals surface area contributed by atoms with E-state index in [1.807, 2.05) is 24.0 Å². The van der Waals surface area contributed by atoms with Gasteiger partial charge in [0, 0.05) is 32.3 Å². The number of pyridine rings is 1. The largest absolute Gasteiger partial charge is 0.341 e. The van der Waals surface area contributed by atoms with E-state index in [2.05, 4.69) is 15.6 Å². The number of carbonyl (C=O) groups excluding carboxylic acids is 2. The molecule has 6 heteroatoms. The third-order valence-corrected chi connectivity index (χ3v) is 3.58. The van der Waals surface area contributed by atoms with Crippen LogP contribution in [0.3, 0.4) is 0 Å². The summed E-state index contributed by atoms with van der Waals surface area (Å²) in [4.78, 5) is 29.5. The fraction of sp³-hybridized carbons (Fsp3) is 0.533. The van der Waals surface area contributed by atoms with E-state index in [1.165, 1.54) is 0 Å². The first kappa shape index (κ1) is 15.3. The van der Waals surface area contributed by atoms with Gasteiger partial charge in [0.25, 0.3) is 0 Å². The zero-order valence-electron chi connectivity index (χ0n) is 12.4. The second-order valence-corrected chi connectivity index (χ2v) is 5.24. The van der Waals surface area contributed by atoms with Crippen LogP contribution < -0.4 is 10.6 Å². The minimum Gasteiger partial charge on any atom is -0.341 e. The number of carbonyl (C=O) groups is 2. The van der Waals surface area contributed by atoms with E-state index < -0.39 is 0 Å². The highest BCUT2D eigenvalue weighted by molar-refractivity contribution is 5.88. The number of aryl methyl sites for hydroxylation is 1. The Kier molecular flexibility index (Phi) is 5.54. The number of rotatable bonds is 4. The minimum atomic E-state index is -0.293. The van der Waals surface area contributed by atoms with Gasteiger partial charge in [-0.05, 0) is 31.4 Å². The van der Waals surface area contributed by atoms with Gasteiger partial charge >= 0.3 is 6.03 Å². The Morgan fingerprint density at radius 1 is 1.38 bits per heavy atom. The molecule has 1 aromatic heterocycles. The predicted octanol–water partition coefficient (Wildman–Crippen LogP) is 1.91. The van der Waals surface area contributed by atoms with Crippen LogP contribution in [0.15, 0.2) is 18.3 Å². The molecule has 3 amide bonds. The number of aromatic nitrogens is 1. The number of nitrogens with one attached hydrogen (secondary N) is 2. The molecule has 114 valence electrons. The van der Waals surface area contributed by atoms with Crippen molar-refractivity contribution < 1.29 is 9.59 Å². The molecule has 2 N–H and O–H groups in total. The lowest BCUT2D eigenvalue weighted by Gasteiger charge is -2.20. The quantitative estimate of drug-likeness (QED) is 0.889. The van der Waals surface area contributed by atoms with Gasteiger partial charge in [-0.25, -0.2) is 9.78 Å². The van der Waals surface area contributed by atoms with Crippen molar-refractivity contribution in [2.24, 2.45) is 0 Å². The maximum Gasteiger partial charge on any atom is 0.320 e. The molecular formula is C15H22N4O2. The minimum absolute atomic E-state index is 0.190. The van der Waals surface area contributed by atoms with Crippen molar-refractivity contribution in [1.82, 2.24) is 15.2 Å². The maximum absolute atomic E-state index is 11.8. The summed E-state index contributed by atoms with van der Waals surface area (Å²) in [5.41, 5.74) is 0.912. The van der Waals surface area contributed by atoms with Gasteiger partial charge in [-0.1, -0.05) is 12.5 Å². The van der Waals surface area contributed by atoms with Gasteiger partial charge in [-0.2, -0.15) is 0 Å². The number of nitrogens with zero attached hydrogens (tertiary/aromatic N) is 2.